The van der Waals surface area contributed by atoms with Crippen molar-refractivity contribution < 1.29 is 29.0 Å². The van der Waals surface area contributed by atoms with E-state index in [1.807, 2.05) is 20.8 Å². The van der Waals surface area contributed by atoms with Gasteiger partial charge in [-0.05, 0) is 51.2 Å². The Labute approximate surface area is 223 Å². The minimum absolute atomic E-state index is 0.155. The van der Waals surface area contributed by atoms with Crippen LogP contribution in [-0.4, -0.2) is 70.8 Å². The molecule has 0 aromatic heterocycles. The number of hydrogen-bond acceptors (Lipinski definition) is 6. The molecule has 1 spiro atoms. The van der Waals surface area contributed by atoms with Gasteiger partial charge in [0, 0.05) is 6.54 Å². The zero-order chi connectivity index (χ0) is 27.1. The quantitative estimate of drug-likeness (QED) is 0.365. The lowest BCUT2D eigenvalue weighted by molar-refractivity contribution is -0.160. The Hall–Kier alpha value is -2.42. The zero-order valence-corrected chi connectivity index (χ0v) is 22.7. The number of aliphatic hydroxyl groups excluding tert-OH is 1. The van der Waals surface area contributed by atoms with Crippen molar-refractivity contribution in [1.29, 1.82) is 0 Å². The summed E-state index contributed by atoms with van der Waals surface area (Å²) >= 11 is 6.50. The van der Waals surface area contributed by atoms with Crippen molar-refractivity contribution in [2.45, 2.75) is 70.2 Å². The maximum Gasteiger partial charge on any atom is 0.312 e. The zero-order valence-electron chi connectivity index (χ0n) is 22.0. The number of halogens is 1. The molecule has 0 saturated carbocycles. The second-order valence-electron chi connectivity index (χ2n) is 10.9. The lowest BCUT2D eigenvalue weighted by Gasteiger charge is -2.40. The Kier molecular flexibility index (Phi) is 7.75. The molecule has 3 fully saturated rings. The second kappa shape index (κ2) is 10.4. The van der Waals surface area contributed by atoms with Crippen LogP contribution in [0.5, 0.6) is 0 Å². The van der Waals surface area contributed by atoms with Crippen LogP contribution in [0.15, 0.2) is 36.9 Å². The molecule has 3 aliphatic heterocycles. The number of nitrogens with zero attached hydrogens (tertiary/aromatic N) is 2. The summed E-state index contributed by atoms with van der Waals surface area (Å²) in [5.74, 6) is -2.77. The highest BCUT2D eigenvalue weighted by atomic mass is 35.5. The number of amides is 2. The van der Waals surface area contributed by atoms with E-state index in [1.165, 1.54) is 9.80 Å². The minimum Gasteiger partial charge on any atom is -0.466 e. The van der Waals surface area contributed by atoms with E-state index in [1.54, 1.807) is 37.3 Å². The Morgan fingerprint density at radius 3 is 2.65 bits per heavy atom. The third-order valence-corrected chi connectivity index (χ3v) is 8.38. The van der Waals surface area contributed by atoms with Gasteiger partial charge in [-0.2, -0.15) is 0 Å². The van der Waals surface area contributed by atoms with Crippen LogP contribution in [0, 0.1) is 17.8 Å². The molecule has 3 heterocycles. The molecule has 37 heavy (non-hydrogen) atoms. The van der Waals surface area contributed by atoms with Gasteiger partial charge in [0.1, 0.15) is 17.6 Å². The summed E-state index contributed by atoms with van der Waals surface area (Å²) in [4.78, 5) is 44.9. The van der Waals surface area contributed by atoms with Crippen molar-refractivity contribution in [3.05, 3.63) is 41.9 Å². The predicted molar refractivity (Wildman–Crippen MR) is 140 cm³/mol. The van der Waals surface area contributed by atoms with Gasteiger partial charge >= 0.3 is 5.97 Å². The number of para-hydroxylation sites is 1. The highest BCUT2D eigenvalue weighted by Gasteiger charge is 2.79. The summed E-state index contributed by atoms with van der Waals surface area (Å²) in [5, 5.41) is 10.8. The number of ether oxygens (including phenoxy) is 2. The lowest BCUT2D eigenvalue weighted by atomic mass is 9.66. The van der Waals surface area contributed by atoms with Gasteiger partial charge in [0.2, 0.25) is 5.91 Å². The molecule has 3 saturated heterocycles. The summed E-state index contributed by atoms with van der Waals surface area (Å²) < 4.78 is 12.0. The molecule has 8 nitrogen and oxygen atoms in total. The van der Waals surface area contributed by atoms with E-state index in [2.05, 4.69) is 6.58 Å². The summed E-state index contributed by atoms with van der Waals surface area (Å²) in [5.41, 5.74) is -1.64. The molecular formula is C28H37ClN2O6. The number of anilines is 1. The molecule has 0 aliphatic carbocycles. The number of rotatable bonds is 10. The number of esters is 1. The van der Waals surface area contributed by atoms with Crippen LogP contribution in [-0.2, 0) is 23.9 Å². The second-order valence-corrected chi connectivity index (χ2v) is 11.3. The molecule has 2 amide bonds. The Bertz CT molecular complexity index is 1080. The third kappa shape index (κ3) is 4.37. The Morgan fingerprint density at radius 2 is 2.05 bits per heavy atom. The van der Waals surface area contributed by atoms with Crippen LogP contribution in [0.3, 0.4) is 0 Å². The van der Waals surface area contributed by atoms with Crippen molar-refractivity contribution in [2.24, 2.45) is 17.8 Å². The van der Waals surface area contributed by atoms with Crippen molar-refractivity contribution >= 4 is 35.1 Å². The van der Waals surface area contributed by atoms with Gasteiger partial charge in [-0.25, -0.2) is 0 Å². The first-order valence-corrected chi connectivity index (χ1v) is 13.4. The summed E-state index contributed by atoms with van der Waals surface area (Å²) in [7, 11) is 0. The van der Waals surface area contributed by atoms with Crippen LogP contribution < -0.4 is 4.90 Å². The number of fused-ring (bicyclic) bond motifs is 1. The van der Waals surface area contributed by atoms with Gasteiger partial charge in [-0.1, -0.05) is 43.7 Å². The molecule has 202 valence electrons. The van der Waals surface area contributed by atoms with Crippen LogP contribution in [0.1, 0.15) is 47.0 Å². The van der Waals surface area contributed by atoms with Gasteiger partial charge in [0.25, 0.3) is 5.91 Å². The first-order valence-electron chi connectivity index (χ1n) is 13.0. The highest BCUT2D eigenvalue weighted by molar-refractivity contribution is 6.34. The fraction of sp³-hybridized carbons (Fsp3) is 0.607. The standard InChI is InChI=1S/C28H37ClN2O6/c1-6-14-30(20-11-9-8-10-19(20)29)25(34)23-28-13-12-27(5,37-28)22(26(35)36-7-2)21(28)24(33)31(23)18(16-32)15-17(3)4/h6,8-11,17-18,21-23,32H,1,7,12-16H2,2-5H3/t18-,21+,22+,23?,27-,28?/m1/s1. The number of benzene rings is 1. The molecule has 4 rings (SSSR count). The van der Waals surface area contributed by atoms with Crippen molar-refractivity contribution in [2.75, 3.05) is 24.7 Å². The van der Waals surface area contributed by atoms with E-state index in [0.717, 1.165) is 0 Å². The van der Waals surface area contributed by atoms with Crippen molar-refractivity contribution in [3.8, 4) is 0 Å². The number of carbonyl (C=O) groups is 3. The summed E-state index contributed by atoms with van der Waals surface area (Å²) in [6.07, 6.45) is 3.04. The first-order chi connectivity index (χ1) is 17.6. The largest absolute Gasteiger partial charge is 0.466 e. The molecule has 3 aliphatic rings. The number of likely N-dealkylation sites (tertiary alicyclic amines) is 1. The van der Waals surface area contributed by atoms with Crippen LogP contribution in [0.25, 0.3) is 0 Å². The molecule has 1 aromatic carbocycles. The number of aliphatic hydroxyl groups is 1. The van der Waals surface area contributed by atoms with E-state index in [-0.39, 0.29) is 37.5 Å². The normalized spacial score (nSPS) is 30.9. The van der Waals surface area contributed by atoms with Crippen LogP contribution >= 0.6 is 11.6 Å². The van der Waals surface area contributed by atoms with Gasteiger partial charge in [0.05, 0.1) is 41.5 Å². The van der Waals surface area contributed by atoms with Crippen molar-refractivity contribution in [1.82, 2.24) is 4.90 Å². The summed E-state index contributed by atoms with van der Waals surface area (Å²) in [6.45, 7) is 11.4. The van der Waals surface area contributed by atoms with E-state index < -0.39 is 41.1 Å². The average molecular weight is 533 g/mol. The number of hydrogen-bond donors (Lipinski definition) is 1. The van der Waals surface area contributed by atoms with E-state index in [4.69, 9.17) is 21.1 Å². The fourth-order valence-corrected chi connectivity index (χ4v) is 6.94. The molecular weight excluding hydrogens is 496 g/mol. The van der Waals surface area contributed by atoms with Crippen LogP contribution in [0.2, 0.25) is 5.02 Å². The van der Waals surface area contributed by atoms with E-state index >= 15 is 0 Å². The Balaban J connectivity index is 1.87. The van der Waals surface area contributed by atoms with Crippen molar-refractivity contribution in [3.63, 3.8) is 0 Å². The monoisotopic (exact) mass is 532 g/mol. The molecule has 6 atom stereocenters. The summed E-state index contributed by atoms with van der Waals surface area (Å²) in [6, 6.07) is 5.35. The maximum atomic E-state index is 14.5. The SMILES string of the molecule is C=CCN(C(=O)C1N([C@@H](CO)CC(C)C)C(=O)[C@@H]2[C@@H](C(=O)OCC)[C@@]3(C)CCC12O3)c1ccccc1Cl. The topological polar surface area (TPSA) is 96.4 Å². The van der Waals surface area contributed by atoms with Gasteiger partial charge < -0.3 is 24.4 Å². The fourth-order valence-electron chi connectivity index (χ4n) is 6.70. The smallest absolute Gasteiger partial charge is 0.312 e. The molecule has 0 radical (unpaired) electrons. The van der Waals surface area contributed by atoms with Crippen LogP contribution in [0.4, 0.5) is 5.69 Å². The van der Waals surface area contributed by atoms with Gasteiger partial charge in [0.15, 0.2) is 0 Å². The molecule has 2 unspecified atom stereocenters. The first kappa shape index (κ1) is 27.6. The maximum absolute atomic E-state index is 14.5. The number of carbonyl (C=O) groups excluding carboxylic acids is 3. The molecule has 1 aromatic rings. The lowest BCUT2D eigenvalue weighted by Crippen LogP contribution is -2.59. The predicted octanol–water partition coefficient (Wildman–Crippen LogP) is 3.59. The van der Waals surface area contributed by atoms with E-state index in [0.29, 0.717) is 30.0 Å². The molecule has 9 heteroatoms. The average Bonchev–Trinajstić information content (AvgIpc) is 3.42. The van der Waals surface area contributed by atoms with Gasteiger partial charge in [-0.15, -0.1) is 6.58 Å². The third-order valence-electron chi connectivity index (χ3n) is 8.06. The molecule has 1 N–H and O–H groups in total. The van der Waals surface area contributed by atoms with Gasteiger partial charge in [-0.3, -0.25) is 14.4 Å². The molecule has 2 bridgehead atoms. The Morgan fingerprint density at radius 1 is 1.35 bits per heavy atom. The highest BCUT2D eigenvalue weighted by Crippen LogP contribution is 2.64. The minimum atomic E-state index is -1.22. The van der Waals surface area contributed by atoms with E-state index in [9.17, 15) is 19.5 Å².